The topological polar surface area (TPSA) is 41.1 Å². The predicted octanol–water partition coefficient (Wildman–Crippen LogP) is 2.61. The fourth-order valence-electron chi connectivity index (χ4n) is 2.40. The largest absolute Gasteiger partial charge is 0.317 e. The van der Waals surface area contributed by atoms with E-state index in [9.17, 15) is 4.79 Å². The number of piperidine rings is 1. The molecule has 1 aliphatic heterocycles. The van der Waals surface area contributed by atoms with Crippen molar-refractivity contribution >= 4 is 5.78 Å². The normalized spacial score (nSPS) is 18.1. The van der Waals surface area contributed by atoms with Crippen LogP contribution in [0.15, 0.2) is 0 Å². The van der Waals surface area contributed by atoms with Gasteiger partial charge in [0.1, 0.15) is 0 Å². The fourth-order valence-corrected chi connectivity index (χ4v) is 2.40. The Labute approximate surface area is 113 Å². The summed E-state index contributed by atoms with van der Waals surface area (Å²) < 4.78 is 0. The Morgan fingerprint density at radius 2 is 1.83 bits per heavy atom. The highest BCUT2D eigenvalue weighted by Gasteiger charge is 2.24. The average molecular weight is 256 g/mol. The van der Waals surface area contributed by atoms with Crippen LogP contribution >= 0.6 is 0 Å². The van der Waals surface area contributed by atoms with Gasteiger partial charge in [0.2, 0.25) is 0 Å². The molecule has 108 valence electrons. The van der Waals surface area contributed by atoms with Gasteiger partial charge in [-0.3, -0.25) is 4.79 Å². The molecule has 3 nitrogen and oxygen atoms in total. The highest BCUT2D eigenvalue weighted by Crippen LogP contribution is 2.19. The smallest absolute Gasteiger partial charge is 0.152 e. The van der Waals surface area contributed by atoms with Crippen LogP contribution < -0.4 is 10.6 Å². The van der Waals surface area contributed by atoms with Gasteiger partial charge in [0.25, 0.3) is 0 Å². The highest BCUT2D eigenvalue weighted by atomic mass is 16.1. The van der Waals surface area contributed by atoms with Crippen molar-refractivity contribution in [2.24, 2.45) is 11.8 Å². The van der Waals surface area contributed by atoms with E-state index in [1.165, 1.54) is 12.8 Å². The zero-order valence-electron chi connectivity index (χ0n) is 12.9. The fraction of sp³-hybridized carbons (Fsp3) is 0.933. The maximum Gasteiger partial charge on any atom is 0.152 e. The van der Waals surface area contributed by atoms with Crippen LogP contribution in [-0.2, 0) is 4.79 Å². The van der Waals surface area contributed by atoms with Gasteiger partial charge in [-0.25, -0.2) is 0 Å². The van der Waals surface area contributed by atoms with Crippen LogP contribution in [0.3, 0.4) is 0 Å². The van der Waals surface area contributed by atoms with Gasteiger partial charge in [0, 0.05) is 5.92 Å². The maximum absolute atomic E-state index is 12.0. The van der Waals surface area contributed by atoms with Crippen molar-refractivity contribution in [1.82, 2.24) is 10.6 Å². The second-order valence-corrected chi connectivity index (χ2v) is 5.10. The molecule has 18 heavy (non-hydrogen) atoms. The molecule has 0 saturated carbocycles. The van der Waals surface area contributed by atoms with Gasteiger partial charge in [0.05, 0.1) is 6.04 Å². The molecular formula is C15H32N2O. The summed E-state index contributed by atoms with van der Waals surface area (Å²) >= 11 is 0. The number of Topliss-reactive ketones (excluding diaryl/α,β-unsaturated/α-hetero) is 1. The molecule has 0 aromatic rings. The number of nitrogens with one attached hydrogen (secondary N) is 2. The first-order chi connectivity index (χ1) is 8.65. The number of carbonyl (C=O) groups excluding carboxylic acids is 1. The Hall–Kier alpha value is -0.410. The molecular weight excluding hydrogens is 224 g/mol. The SMILES string of the molecule is CC.CCNC(CC1CCNCC1)C(=O)C(C)C. The minimum atomic E-state index is 0.0769. The van der Waals surface area contributed by atoms with Crippen molar-refractivity contribution < 1.29 is 4.79 Å². The summed E-state index contributed by atoms with van der Waals surface area (Å²) in [6.07, 6.45) is 3.45. The summed E-state index contributed by atoms with van der Waals surface area (Å²) in [5.74, 6) is 1.24. The molecule has 1 heterocycles. The van der Waals surface area contributed by atoms with Gasteiger partial charge in [-0.2, -0.15) is 0 Å². The lowest BCUT2D eigenvalue weighted by molar-refractivity contribution is -0.124. The average Bonchev–Trinajstić information content (AvgIpc) is 2.41. The Kier molecular flexibility index (Phi) is 10.3. The van der Waals surface area contributed by atoms with Crippen molar-refractivity contribution in [3.63, 3.8) is 0 Å². The molecule has 1 aliphatic rings. The zero-order chi connectivity index (χ0) is 14.0. The van der Waals surface area contributed by atoms with Crippen LogP contribution in [-0.4, -0.2) is 31.5 Å². The number of likely N-dealkylation sites (N-methyl/N-ethyl adjacent to an activating group) is 1. The lowest BCUT2D eigenvalue weighted by Gasteiger charge is -2.27. The molecule has 0 spiro atoms. The van der Waals surface area contributed by atoms with Crippen molar-refractivity contribution in [2.45, 2.75) is 59.9 Å². The van der Waals surface area contributed by atoms with E-state index in [2.05, 4.69) is 17.6 Å². The quantitative estimate of drug-likeness (QED) is 0.767. The molecule has 1 atom stereocenters. The van der Waals surface area contributed by atoms with Crippen molar-refractivity contribution in [1.29, 1.82) is 0 Å². The van der Waals surface area contributed by atoms with Crippen LogP contribution in [0.5, 0.6) is 0 Å². The lowest BCUT2D eigenvalue weighted by atomic mass is 9.87. The molecule has 2 N–H and O–H groups in total. The standard InChI is InChI=1S/C13H26N2O.C2H6/c1-4-15-12(13(16)10(2)3)9-11-5-7-14-8-6-11;1-2/h10-12,14-15H,4-9H2,1-3H3;1-2H3. The molecule has 0 radical (unpaired) electrons. The van der Waals surface area contributed by atoms with E-state index in [-0.39, 0.29) is 12.0 Å². The molecule has 1 unspecified atom stereocenters. The third-order valence-corrected chi connectivity index (χ3v) is 3.39. The van der Waals surface area contributed by atoms with Gasteiger partial charge >= 0.3 is 0 Å². The lowest BCUT2D eigenvalue weighted by Crippen LogP contribution is -2.42. The number of hydrogen-bond donors (Lipinski definition) is 2. The van der Waals surface area contributed by atoms with E-state index in [4.69, 9.17) is 0 Å². The molecule has 0 aromatic carbocycles. The van der Waals surface area contributed by atoms with Gasteiger partial charge in [0.15, 0.2) is 5.78 Å². The van der Waals surface area contributed by atoms with Crippen LogP contribution in [0.4, 0.5) is 0 Å². The van der Waals surface area contributed by atoms with Crippen LogP contribution in [0.25, 0.3) is 0 Å². The van der Waals surface area contributed by atoms with Gasteiger partial charge in [-0.1, -0.05) is 34.6 Å². The predicted molar refractivity (Wildman–Crippen MR) is 78.9 cm³/mol. The van der Waals surface area contributed by atoms with Crippen LogP contribution in [0, 0.1) is 11.8 Å². The number of ketones is 1. The van der Waals surface area contributed by atoms with E-state index < -0.39 is 0 Å². The third-order valence-electron chi connectivity index (χ3n) is 3.39. The second-order valence-electron chi connectivity index (χ2n) is 5.10. The summed E-state index contributed by atoms with van der Waals surface area (Å²) in [7, 11) is 0. The van der Waals surface area contributed by atoms with E-state index in [0.29, 0.717) is 11.7 Å². The van der Waals surface area contributed by atoms with Crippen LogP contribution in [0.1, 0.15) is 53.9 Å². The molecule has 1 saturated heterocycles. The summed E-state index contributed by atoms with van der Waals surface area (Å²) in [4.78, 5) is 12.0. The van der Waals surface area contributed by atoms with Crippen LogP contribution in [0.2, 0.25) is 0 Å². The van der Waals surface area contributed by atoms with Gasteiger partial charge < -0.3 is 10.6 Å². The van der Waals surface area contributed by atoms with E-state index >= 15 is 0 Å². The molecule has 3 heteroatoms. The van der Waals surface area contributed by atoms with E-state index in [0.717, 1.165) is 26.1 Å². The molecule has 1 rings (SSSR count). The van der Waals surface area contributed by atoms with Gasteiger partial charge in [-0.05, 0) is 44.8 Å². The molecule has 0 amide bonds. The van der Waals surface area contributed by atoms with Crippen molar-refractivity contribution in [3.05, 3.63) is 0 Å². The Morgan fingerprint density at radius 3 is 2.28 bits per heavy atom. The monoisotopic (exact) mass is 256 g/mol. The first kappa shape index (κ1) is 17.6. The minimum absolute atomic E-state index is 0.0769. The van der Waals surface area contributed by atoms with Crippen molar-refractivity contribution in [2.75, 3.05) is 19.6 Å². The summed E-state index contributed by atoms with van der Waals surface area (Å²) in [5.41, 5.74) is 0. The number of hydrogen-bond acceptors (Lipinski definition) is 3. The summed E-state index contributed by atoms with van der Waals surface area (Å²) in [5, 5.41) is 6.71. The Balaban J connectivity index is 0.00000137. The first-order valence-corrected chi connectivity index (χ1v) is 7.63. The molecule has 0 aliphatic carbocycles. The first-order valence-electron chi connectivity index (χ1n) is 7.63. The number of rotatable bonds is 6. The van der Waals surface area contributed by atoms with Crippen molar-refractivity contribution in [3.8, 4) is 0 Å². The molecule has 1 fully saturated rings. The second kappa shape index (κ2) is 10.5. The van der Waals surface area contributed by atoms with E-state index in [1.807, 2.05) is 27.7 Å². The van der Waals surface area contributed by atoms with Gasteiger partial charge in [-0.15, -0.1) is 0 Å². The molecule has 0 aromatic heterocycles. The molecule has 0 bridgehead atoms. The zero-order valence-corrected chi connectivity index (χ0v) is 12.9. The summed E-state index contributed by atoms with van der Waals surface area (Å²) in [6.45, 7) is 13.2. The summed E-state index contributed by atoms with van der Waals surface area (Å²) in [6, 6.07) is 0.0769. The van der Waals surface area contributed by atoms with E-state index in [1.54, 1.807) is 0 Å². The Bertz CT molecular complexity index is 211. The maximum atomic E-state index is 12.0. The highest BCUT2D eigenvalue weighted by molar-refractivity contribution is 5.85. The minimum Gasteiger partial charge on any atom is -0.317 e. The Morgan fingerprint density at radius 1 is 1.28 bits per heavy atom. The number of carbonyl (C=O) groups is 1. The third kappa shape index (κ3) is 6.50.